The van der Waals surface area contributed by atoms with Crippen molar-refractivity contribution in [2.45, 2.75) is 19.5 Å². The molecule has 0 amide bonds. The third-order valence-corrected chi connectivity index (χ3v) is 4.33. The van der Waals surface area contributed by atoms with Crippen LogP contribution in [0.15, 0.2) is 30.5 Å². The van der Waals surface area contributed by atoms with Gasteiger partial charge in [0.05, 0.1) is 10.9 Å². The molecule has 0 aromatic carbocycles. The number of nitrogens with one attached hydrogen (secondary N) is 1. The smallest absolute Gasteiger partial charge is 0.128 e. The van der Waals surface area contributed by atoms with Gasteiger partial charge in [0.15, 0.2) is 0 Å². The number of nitrogens with zero attached hydrogens (tertiary/aromatic N) is 2. The van der Waals surface area contributed by atoms with E-state index in [-0.39, 0.29) is 0 Å². The molecule has 5 heteroatoms. The molecule has 0 spiro atoms. The first-order chi connectivity index (χ1) is 9.10. The van der Waals surface area contributed by atoms with Crippen molar-refractivity contribution < 1.29 is 0 Å². The number of anilines is 1. The van der Waals surface area contributed by atoms with Gasteiger partial charge in [-0.1, -0.05) is 17.7 Å². The normalized spacial score (nSPS) is 12.4. The van der Waals surface area contributed by atoms with Crippen molar-refractivity contribution in [3.8, 4) is 0 Å². The molecule has 102 valence electrons. The van der Waals surface area contributed by atoms with Gasteiger partial charge in [-0.2, -0.15) is 0 Å². The lowest BCUT2D eigenvalue weighted by atomic mass is 10.1. The molecule has 0 fully saturated rings. The quantitative estimate of drug-likeness (QED) is 0.911. The molecule has 1 atom stereocenters. The average molecular weight is 296 g/mol. The average Bonchev–Trinajstić information content (AvgIpc) is 2.83. The van der Waals surface area contributed by atoms with Crippen molar-refractivity contribution >= 4 is 28.8 Å². The Hall–Kier alpha value is -1.10. The summed E-state index contributed by atoms with van der Waals surface area (Å²) in [7, 11) is 3.99. The van der Waals surface area contributed by atoms with Gasteiger partial charge in [-0.15, -0.1) is 11.3 Å². The van der Waals surface area contributed by atoms with Crippen LogP contribution in [-0.4, -0.2) is 19.1 Å². The standard InChI is InChI=1S/C14H18ClN3S/c1-10(16-2)11-4-7-14(17-8-11)18(3)9-12-5-6-13(15)19-12/h4-8,10,16H,9H2,1-3H3. The number of aromatic nitrogens is 1. The third-order valence-electron chi connectivity index (χ3n) is 3.12. The molecule has 19 heavy (non-hydrogen) atoms. The molecule has 2 heterocycles. The number of pyridine rings is 1. The van der Waals surface area contributed by atoms with E-state index in [1.165, 1.54) is 10.4 Å². The molecule has 2 rings (SSSR count). The molecule has 1 N–H and O–H groups in total. The summed E-state index contributed by atoms with van der Waals surface area (Å²) in [6, 6.07) is 8.48. The third kappa shape index (κ3) is 3.69. The number of rotatable bonds is 5. The van der Waals surface area contributed by atoms with Crippen LogP contribution in [0.25, 0.3) is 0 Å². The highest BCUT2D eigenvalue weighted by molar-refractivity contribution is 7.16. The van der Waals surface area contributed by atoms with Gasteiger partial charge in [-0.05, 0) is 37.7 Å². The van der Waals surface area contributed by atoms with Crippen LogP contribution < -0.4 is 10.2 Å². The van der Waals surface area contributed by atoms with Crippen molar-refractivity contribution in [2.24, 2.45) is 0 Å². The largest absolute Gasteiger partial charge is 0.355 e. The Labute approximate surface area is 123 Å². The van der Waals surface area contributed by atoms with Crippen molar-refractivity contribution in [1.29, 1.82) is 0 Å². The fourth-order valence-corrected chi connectivity index (χ4v) is 2.94. The molecular weight excluding hydrogens is 278 g/mol. The summed E-state index contributed by atoms with van der Waals surface area (Å²) >= 11 is 7.55. The van der Waals surface area contributed by atoms with Crippen molar-refractivity contribution in [2.75, 3.05) is 19.0 Å². The molecule has 0 saturated heterocycles. The van der Waals surface area contributed by atoms with E-state index in [2.05, 4.69) is 40.3 Å². The lowest BCUT2D eigenvalue weighted by Crippen LogP contribution is -2.18. The molecule has 1 unspecified atom stereocenters. The summed E-state index contributed by atoms with van der Waals surface area (Å²) in [6.45, 7) is 2.94. The first-order valence-corrected chi connectivity index (χ1v) is 7.38. The molecular formula is C14H18ClN3S. The first-order valence-electron chi connectivity index (χ1n) is 6.18. The van der Waals surface area contributed by atoms with Crippen LogP contribution in [0.3, 0.4) is 0 Å². The zero-order valence-electron chi connectivity index (χ0n) is 11.4. The summed E-state index contributed by atoms with van der Waals surface area (Å²) in [5.74, 6) is 0.969. The molecule has 0 bridgehead atoms. The fourth-order valence-electron chi connectivity index (χ4n) is 1.80. The molecule has 0 aliphatic carbocycles. The minimum atomic E-state index is 0.322. The highest BCUT2D eigenvalue weighted by atomic mass is 35.5. The lowest BCUT2D eigenvalue weighted by Gasteiger charge is -2.18. The van der Waals surface area contributed by atoms with Crippen LogP contribution in [0.5, 0.6) is 0 Å². The van der Waals surface area contributed by atoms with Crippen LogP contribution in [0.1, 0.15) is 23.4 Å². The predicted octanol–water partition coefficient (Wildman–Crippen LogP) is 3.71. The Morgan fingerprint density at radius 3 is 2.68 bits per heavy atom. The van der Waals surface area contributed by atoms with Crippen molar-refractivity contribution in [1.82, 2.24) is 10.3 Å². The summed E-state index contributed by atoms with van der Waals surface area (Å²) < 4.78 is 0.828. The number of halogens is 1. The van der Waals surface area contributed by atoms with E-state index in [0.29, 0.717) is 6.04 Å². The second kappa shape index (κ2) is 6.37. The van der Waals surface area contributed by atoms with Crippen LogP contribution >= 0.6 is 22.9 Å². The zero-order valence-corrected chi connectivity index (χ0v) is 12.9. The molecule has 0 aliphatic heterocycles. The van der Waals surface area contributed by atoms with E-state index in [1.54, 1.807) is 11.3 Å². The van der Waals surface area contributed by atoms with Crippen LogP contribution in [0.2, 0.25) is 4.34 Å². The van der Waals surface area contributed by atoms with Crippen LogP contribution in [0.4, 0.5) is 5.82 Å². The molecule has 2 aromatic heterocycles. The molecule has 0 saturated carbocycles. The second-order valence-electron chi connectivity index (χ2n) is 4.52. The maximum absolute atomic E-state index is 5.94. The predicted molar refractivity (Wildman–Crippen MR) is 83.1 cm³/mol. The topological polar surface area (TPSA) is 28.2 Å². The molecule has 2 aromatic rings. The van der Waals surface area contributed by atoms with Gasteiger partial charge >= 0.3 is 0 Å². The van der Waals surface area contributed by atoms with E-state index in [1.807, 2.05) is 26.4 Å². The molecule has 0 aliphatic rings. The van der Waals surface area contributed by atoms with E-state index < -0.39 is 0 Å². The Morgan fingerprint density at radius 2 is 2.16 bits per heavy atom. The monoisotopic (exact) mass is 295 g/mol. The van der Waals surface area contributed by atoms with Gasteiger partial charge in [-0.3, -0.25) is 0 Å². The van der Waals surface area contributed by atoms with Crippen LogP contribution in [0, 0.1) is 0 Å². The Balaban J connectivity index is 2.05. The van der Waals surface area contributed by atoms with Gasteiger partial charge in [0.1, 0.15) is 5.82 Å². The minimum Gasteiger partial charge on any atom is -0.355 e. The van der Waals surface area contributed by atoms with Gasteiger partial charge in [0, 0.05) is 24.2 Å². The summed E-state index contributed by atoms with van der Waals surface area (Å²) in [6.07, 6.45) is 1.93. The Bertz CT molecular complexity index is 524. The van der Waals surface area contributed by atoms with E-state index >= 15 is 0 Å². The van der Waals surface area contributed by atoms with Crippen molar-refractivity contribution in [3.63, 3.8) is 0 Å². The number of hydrogen-bond donors (Lipinski definition) is 1. The van der Waals surface area contributed by atoms with E-state index in [9.17, 15) is 0 Å². The van der Waals surface area contributed by atoms with Crippen LogP contribution in [-0.2, 0) is 6.54 Å². The fraction of sp³-hybridized carbons (Fsp3) is 0.357. The maximum atomic E-state index is 5.94. The Morgan fingerprint density at radius 1 is 1.37 bits per heavy atom. The number of thiophene rings is 1. The highest BCUT2D eigenvalue weighted by Crippen LogP contribution is 2.24. The minimum absolute atomic E-state index is 0.322. The number of hydrogen-bond acceptors (Lipinski definition) is 4. The Kier molecular flexibility index (Phi) is 4.80. The second-order valence-corrected chi connectivity index (χ2v) is 6.32. The summed E-state index contributed by atoms with van der Waals surface area (Å²) in [4.78, 5) is 7.87. The lowest BCUT2D eigenvalue weighted by molar-refractivity contribution is 0.649. The van der Waals surface area contributed by atoms with E-state index in [4.69, 9.17) is 11.6 Å². The zero-order chi connectivity index (χ0) is 13.8. The van der Waals surface area contributed by atoms with Crippen molar-refractivity contribution in [3.05, 3.63) is 45.2 Å². The van der Waals surface area contributed by atoms with E-state index in [0.717, 1.165) is 16.7 Å². The van der Waals surface area contributed by atoms with Gasteiger partial charge in [0.25, 0.3) is 0 Å². The molecule has 3 nitrogen and oxygen atoms in total. The summed E-state index contributed by atoms with van der Waals surface area (Å²) in [5.41, 5.74) is 1.19. The SMILES string of the molecule is CNC(C)c1ccc(N(C)Cc2ccc(Cl)s2)nc1. The van der Waals surface area contributed by atoms with Gasteiger partial charge in [0.2, 0.25) is 0 Å². The summed E-state index contributed by atoms with van der Waals surface area (Å²) in [5, 5.41) is 3.21. The van der Waals surface area contributed by atoms with Gasteiger partial charge in [-0.25, -0.2) is 4.98 Å². The van der Waals surface area contributed by atoms with Gasteiger partial charge < -0.3 is 10.2 Å². The first kappa shape index (κ1) is 14.3. The molecule has 0 radical (unpaired) electrons. The highest BCUT2D eigenvalue weighted by Gasteiger charge is 2.07. The maximum Gasteiger partial charge on any atom is 0.128 e.